The van der Waals surface area contributed by atoms with Crippen LogP contribution in [0, 0.1) is 5.92 Å². The van der Waals surface area contributed by atoms with E-state index in [1.165, 1.54) is 12.1 Å². The molecular formula is C22H24F3N3O3. The highest BCUT2D eigenvalue weighted by molar-refractivity contribution is 5.89. The Bertz CT molecular complexity index is 922. The minimum Gasteiger partial charge on any atom is -0.467 e. The van der Waals surface area contributed by atoms with Gasteiger partial charge in [0.15, 0.2) is 0 Å². The number of amides is 2. The lowest BCUT2D eigenvalue weighted by Gasteiger charge is -2.36. The maximum Gasteiger partial charge on any atom is 0.416 e. The number of piperazine rings is 1. The molecular weight excluding hydrogens is 411 g/mol. The first-order valence-electron chi connectivity index (χ1n) is 10.3. The van der Waals surface area contributed by atoms with Gasteiger partial charge in [-0.2, -0.15) is 13.2 Å². The minimum atomic E-state index is -4.36. The molecule has 2 saturated heterocycles. The number of furan rings is 1. The fourth-order valence-electron chi connectivity index (χ4n) is 4.17. The van der Waals surface area contributed by atoms with Crippen molar-refractivity contribution in [2.75, 3.05) is 32.7 Å². The Labute approximate surface area is 178 Å². The van der Waals surface area contributed by atoms with Crippen LogP contribution in [0.15, 0.2) is 47.1 Å². The van der Waals surface area contributed by atoms with Gasteiger partial charge in [-0.1, -0.05) is 18.2 Å². The topological polar surface area (TPSA) is 57.0 Å². The van der Waals surface area contributed by atoms with E-state index in [-0.39, 0.29) is 24.2 Å². The van der Waals surface area contributed by atoms with Crippen LogP contribution in [-0.4, -0.2) is 59.2 Å². The Morgan fingerprint density at radius 1 is 1.06 bits per heavy atom. The molecule has 0 aliphatic carbocycles. The molecule has 1 aromatic heterocycles. The first-order valence-corrected chi connectivity index (χ1v) is 10.3. The zero-order chi connectivity index (χ0) is 22.0. The average Bonchev–Trinajstić information content (AvgIpc) is 3.38. The molecule has 2 fully saturated rings. The zero-order valence-corrected chi connectivity index (χ0v) is 17.0. The van der Waals surface area contributed by atoms with Crippen molar-refractivity contribution in [2.24, 2.45) is 5.92 Å². The van der Waals surface area contributed by atoms with Crippen LogP contribution in [0.25, 0.3) is 0 Å². The lowest BCUT2D eigenvalue weighted by atomic mass is 10.1. The lowest BCUT2D eigenvalue weighted by Crippen LogP contribution is -2.50. The predicted molar refractivity (Wildman–Crippen MR) is 106 cm³/mol. The van der Waals surface area contributed by atoms with Crippen LogP contribution in [0.4, 0.5) is 13.2 Å². The van der Waals surface area contributed by atoms with Crippen LogP contribution in [0.1, 0.15) is 23.3 Å². The molecule has 3 heterocycles. The number of alkyl halides is 3. The number of carbonyl (C=O) groups is 2. The van der Waals surface area contributed by atoms with Crippen molar-refractivity contribution in [1.29, 1.82) is 0 Å². The summed E-state index contributed by atoms with van der Waals surface area (Å²) < 4.78 is 44.0. The third-order valence-corrected chi connectivity index (χ3v) is 5.83. The summed E-state index contributed by atoms with van der Waals surface area (Å²) in [5.41, 5.74) is -0.0478. The predicted octanol–water partition coefficient (Wildman–Crippen LogP) is 2.99. The molecule has 166 valence electrons. The summed E-state index contributed by atoms with van der Waals surface area (Å²) in [6, 6.07) is 8.91. The largest absolute Gasteiger partial charge is 0.467 e. The quantitative estimate of drug-likeness (QED) is 0.725. The maximum atomic E-state index is 12.9. The number of rotatable bonds is 5. The van der Waals surface area contributed by atoms with Gasteiger partial charge in [-0.15, -0.1) is 0 Å². The summed E-state index contributed by atoms with van der Waals surface area (Å²) in [5, 5.41) is 0. The second-order valence-corrected chi connectivity index (χ2v) is 8.05. The molecule has 1 aromatic carbocycles. The smallest absolute Gasteiger partial charge is 0.416 e. The number of benzene rings is 1. The van der Waals surface area contributed by atoms with Crippen LogP contribution >= 0.6 is 0 Å². The highest BCUT2D eigenvalue weighted by atomic mass is 19.4. The van der Waals surface area contributed by atoms with Crippen LogP contribution in [0.3, 0.4) is 0 Å². The van der Waals surface area contributed by atoms with Gasteiger partial charge in [0.2, 0.25) is 11.8 Å². The molecule has 4 rings (SSSR count). The first-order chi connectivity index (χ1) is 14.8. The number of hydrogen-bond acceptors (Lipinski definition) is 4. The monoisotopic (exact) mass is 435 g/mol. The Hall–Kier alpha value is -2.81. The van der Waals surface area contributed by atoms with Gasteiger partial charge in [0.05, 0.1) is 24.3 Å². The molecule has 0 N–H and O–H groups in total. The fraction of sp³-hybridized carbons (Fsp3) is 0.455. The molecule has 2 aliphatic rings. The molecule has 2 aliphatic heterocycles. The highest BCUT2D eigenvalue weighted by Crippen LogP contribution is 2.30. The number of likely N-dealkylation sites (tertiary alicyclic amines) is 1. The van der Waals surface area contributed by atoms with Gasteiger partial charge in [-0.05, 0) is 23.8 Å². The molecule has 6 nitrogen and oxygen atoms in total. The molecule has 0 saturated carbocycles. The van der Waals surface area contributed by atoms with Crippen LogP contribution in [-0.2, 0) is 28.9 Å². The van der Waals surface area contributed by atoms with Gasteiger partial charge in [0, 0.05) is 45.7 Å². The Morgan fingerprint density at radius 2 is 1.84 bits per heavy atom. The zero-order valence-electron chi connectivity index (χ0n) is 17.0. The van der Waals surface area contributed by atoms with Crippen molar-refractivity contribution < 1.29 is 27.2 Å². The molecule has 2 amide bonds. The third-order valence-electron chi connectivity index (χ3n) is 5.83. The molecule has 1 unspecified atom stereocenters. The standard InChI is InChI=1S/C22H24F3N3O3/c23-22(24,25)18-4-1-3-16(11-18)13-26-6-8-27(9-7-26)21(30)17-12-20(29)28(14-17)15-19-5-2-10-31-19/h1-5,10-11,17H,6-9,12-15H2. The van der Waals surface area contributed by atoms with Gasteiger partial charge in [0.1, 0.15) is 5.76 Å². The van der Waals surface area contributed by atoms with Crippen LogP contribution < -0.4 is 0 Å². The summed E-state index contributed by atoms with van der Waals surface area (Å²) in [5.74, 6) is 0.231. The van der Waals surface area contributed by atoms with E-state index in [2.05, 4.69) is 0 Å². The Morgan fingerprint density at radius 3 is 2.52 bits per heavy atom. The van der Waals surface area contributed by atoms with Crippen LogP contribution in [0.5, 0.6) is 0 Å². The maximum absolute atomic E-state index is 12.9. The van der Waals surface area contributed by atoms with E-state index in [0.717, 1.165) is 6.07 Å². The van der Waals surface area contributed by atoms with E-state index >= 15 is 0 Å². The van der Waals surface area contributed by atoms with Crippen molar-refractivity contribution in [3.05, 3.63) is 59.5 Å². The van der Waals surface area contributed by atoms with Crippen molar-refractivity contribution in [3.8, 4) is 0 Å². The molecule has 1 atom stereocenters. The molecule has 0 spiro atoms. The second-order valence-electron chi connectivity index (χ2n) is 8.05. The average molecular weight is 435 g/mol. The number of hydrogen-bond donors (Lipinski definition) is 0. The van der Waals surface area contributed by atoms with Gasteiger partial charge in [-0.3, -0.25) is 14.5 Å². The number of carbonyl (C=O) groups excluding carboxylic acids is 2. The summed E-state index contributed by atoms with van der Waals surface area (Å²) in [7, 11) is 0. The van der Waals surface area contributed by atoms with Gasteiger partial charge >= 0.3 is 6.18 Å². The highest BCUT2D eigenvalue weighted by Gasteiger charge is 2.37. The van der Waals surface area contributed by atoms with Crippen molar-refractivity contribution in [2.45, 2.75) is 25.7 Å². The van der Waals surface area contributed by atoms with E-state index in [9.17, 15) is 22.8 Å². The van der Waals surface area contributed by atoms with Crippen molar-refractivity contribution >= 4 is 11.8 Å². The first kappa shape index (κ1) is 21.4. The summed E-state index contributed by atoms with van der Waals surface area (Å²) in [4.78, 5) is 30.6. The number of nitrogens with zero attached hydrogens (tertiary/aromatic N) is 3. The van der Waals surface area contributed by atoms with E-state index in [4.69, 9.17) is 4.42 Å². The minimum absolute atomic E-state index is 0.0333. The van der Waals surface area contributed by atoms with E-state index < -0.39 is 11.7 Å². The molecule has 9 heteroatoms. The summed E-state index contributed by atoms with van der Waals surface area (Å²) in [6.45, 7) is 3.31. The van der Waals surface area contributed by atoms with Gasteiger partial charge in [0.25, 0.3) is 0 Å². The molecule has 0 bridgehead atoms. The van der Waals surface area contributed by atoms with E-state index in [0.29, 0.717) is 57.1 Å². The van der Waals surface area contributed by atoms with Crippen molar-refractivity contribution in [3.63, 3.8) is 0 Å². The van der Waals surface area contributed by atoms with Crippen LogP contribution in [0.2, 0.25) is 0 Å². The fourth-order valence-corrected chi connectivity index (χ4v) is 4.17. The van der Waals surface area contributed by atoms with Gasteiger partial charge in [-0.25, -0.2) is 0 Å². The number of halogens is 3. The van der Waals surface area contributed by atoms with E-state index in [1.807, 2.05) is 4.90 Å². The second kappa shape index (κ2) is 8.74. The summed E-state index contributed by atoms with van der Waals surface area (Å²) >= 11 is 0. The molecule has 2 aromatic rings. The molecule has 0 radical (unpaired) electrons. The molecule has 31 heavy (non-hydrogen) atoms. The van der Waals surface area contributed by atoms with E-state index in [1.54, 1.807) is 34.3 Å². The Balaban J connectivity index is 1.28. The van der Waals surface area contributed by atoms with Gasteiger partial charge < -0.3 is 14.2 Å². The third kappa shape index (κ3) is 5.10. The van der Waals surface area contributed by atoms with Crippen molar-refractivity contribution in [1.82, 2.24) is 14.7 Å². The lowest BCUT2D eigenvalue weighted by molar-refractivity contribution is -0.138. The Kier molecular flexibility index (Phi) is 6.04. The summed E-state index contributed by atoms with van der Waals surface area (Å²) in [6.07, 6.45) is -2.61. The SMILES string of the molecule is O=C1CC(C(=O)N2CCN(Cc3cccc(C(F)(F)F)c3)CC2)CN1Cc1ccco1. The normalized spacial score (nSPS) is 20.5.